The second kappa shape index (κ2) is 8.71. The van der Waals surface area contributed by atoms with Crippen molar-refractivity contribution in [3.8, 4) is 11.5 Å². The first-order chi connectivity index (χ1) is 10.5. The molecule has 0 bridgehead atoms. The Morgan fingerprint density at radius 1 is 1.18 bits per heavy atom. The molecule has 1 aromatic carbocycles. The van der Waals surface area contributed by atoms with E-state index < -0.39 is 5.91 Å². The van der Waals surface area contributed by atoms with Crippen molar-refractivity contribution in [1.29, 1.82) is 0 Å². The van der Waals surface area contributed by atoms with Crippen LogP contribution in [0.4, 0.5) is 0 Å². The zero-order valence-electron chi connectivity index (χ0n) is 13.4. The van der Waals surface area contributed by atoms with E-state index in [0.29, 0.717) is 23.7 Å². The van der Waals surface area contributed by atoms with Gasteiger partial charge in [-0.1, -0.05) is 12.5 Å². The lowest BCUT2D eigenvalue weighted by atomic mass is 10.2. The molecule has 2 N–H and O–H groups in total. The number of hydrazine groups is 1. The largest absolute Gasteiger partial charge is 0.493 e. The molecule has 0 aromatic heterocycles. The third-order valence-electron chi connectivity index (χ3n) is 2.61. The summed E-state index contributed by atoms with van der Waals surface area (Å²) in [5.74, 6) is 0.227. The predicted octanol–water partition coefficient (Wildman–Crippen LogP) is 2.21. The summed E-state index contributed by atoms with van der Waals surface area (Å²) in [6, 6.07) is 4.84. The van der Waals surface area contributed by atoms with Crippen molar-refractivity contribution in [2.75, 3.05) is 13.7 Å². The van der Waals surface area contributed by atoms with Crippen molar-refractivity contribution in [3.63, 3.8) is 0 Å². The maximum Gasteiger partial charge on any atom is 0.269 e. The van der Waals surface area contributed by atoms with Crippen LogP contribution in [0.3, 0.4) is 0 Å². The fourth-order valence-electron chi connectivity index (χ4n) is 1.63. The Balaban J connectivity index is 2.73. The Kier molecular flexibility index (Phi) is 6.95. The number of ether oxygens (including phenoxy) is 2. The number of nitrogens with one attached hydrogen (secondary N) is 2. The lowest BCUT2D eigenvalue weighted by molar-refractivity contribution is -0.117. The summed E-state index contributed by atoms with van der Waals surface area (Å²) < 4.78 is 10.7. The van der Waals surface area contributed by atoms with Crippen LogP contribution in [-0.4, -0.2) is 25.5 Å². The highest BCUT2D eigenvalue weighted by Gasteiger charge is 2.11. The first-order valence-electron chi connectivity index (χ1n) is 7.04. The first kappa shape index (κ1) is 17.6. The lowest BCUT2D eigenvalue weighted by Gasteiger charge is -2.12. The number of carbonyl (C=O) groups is 2. The molecule has 0 aliphatic rings. The minimum absolute atomic E-state index is 0.359. The number of hydrogen-bond donors (Lipinski definition) is 2. The number of hydrogen-bond acceptors (Lipinski definition) is 4. The molecule has 0 saturated heterocycles. The number of rotatable bonds is 6. The monoisotopic (exact) mass is 306 g/mol. The van der Waals surface area contributed by atoms with Crippen molar-refractivity contribution in [2.24, 2.45) is 0 Å². The summed E-state index contributed by atoms with van der Waals surface area (Å²) in [5.41, 5.74) is 5.85. The van der Waals surface area contributed by atoms with Crippen molar-refractivity contribution in [1.82, 2.24) is 10.9 Å². The van der Waals surface area contributed by atoms with Gasteiger partial charge in [0.25, 0.3) is 11.8 Å². The molecule has 0 atom stereocenters. The number of benzene rings is 1. The van der Waals surface area contributed by atoms with Crippen LogP contribution in [0.5, 0.6) is 11.5 Å². The smallest absolute Gasteiger partial charge is 0.269 e. The molecule has 0 heterocycles. The summed E-state index contributed by atoms with van der Waals surface area (Å²) in [5, 5.41) is 0. The van der Waals surface area contributed by atoms with E-state index in [0.717, 1.165) is 12.0 Å². The van der Waals surface area contributed by atoms with Crippen molar-refractivity contribution >= 4 is 11.8 Å². The molecule has 2 amide bonds. The standard InChI is InChI=1S/C16H22N2O4/c1-5-8-22-13-7-6-12(10-14(13)21-4)16(20)18-17-15(19)9-11(2)3/h6-7,9-10H,5,8H2,1-4H3,(H,17,19)(H,18,20). The van der Waals surface area contributed by atoms with Crippen LogP contribution in [-0.2, 0) is 4.79 Å². The van der Waals surface area contributed by atoms with Crippen LogP contribution in [0.2, 0.25) is 0 Å². The molecule has 0 spiro atoms. The van der Waals surface area contributed by atoms with Crippen LogP contribution >= 0.6 is 0 Å². The van der Waals surface area contributed by atoms with E-state index >= 15 is 0 Å². The highest BCUT2D eigenvalue weighted by Crippen LogP contribution is 2.28. The van der Waals surface area contributed by atoms with Crippen LogP contribution in [0.1, 0.15) is 37.6 Å². The van der Waals surface area contributed by atoms with Gasteiger partial charge < -0.3 is 9.47 Å². The molecular weight excluding hydrogens is 284 g/mol. The zero-order valence-corrected chi connectivity index (χ0v) is 13.4. The van der Waals surface area contributed by atoms with E-state index in [2.05, 4.69) is 10.9 Å². The lowest BCUT2D eigenvalue weighted by Crippen LogP contribution is -2.40. The third kappa shape index (κ3) is 5.47. The molecule has 120 valence electrons. The van der Waals surface area contributed by atoms with Crippen molar-refractivity contribution in [2.45, 2.75) is 27.2 Å². The van der Waals surface area contributed by atoms with Crippen molar-refractivity contribution < 1.29 is 19.1 Å². The van der Waals surface area contributed by atoms with E-state index in [1.54, 1.807) is 32.0 Å². The molecule has 6 heteroatoms. The Hall–Kier alpha value is -2.50. The third-order valence-corrected chi connectivity index (χ3v) is 2.61. The maximum absolute atomic E-state index is 12.0. The highest BCUT2D eigenvalue weighted by molar-refractivity contribution is 5.97. The SMILES string of the molecule is CCCOc1ccc(C(=O)NNC(=O)C=C(C)C)cc1OC. The van der Waals surface area contributed by atoms with Crippen LogP contribution < -0.4 is 20.3 Å². The summed E-state index contributed by atoms with van der Waals surface area (Å²) in [4.78, 5) is 23.4. The van der Waals surface area contributed by atoms with Gasteiger partial charge in [0.15, 0.2) is 11.5 Å². The normalized spacial score (nSPS) is 9.64. The molecule has 1 rings (SSSR count). The Labute approximate surface area is 130 Å². The second-order valence-electron chi connectivity index (χ2n) is 4.88. The van der Waals surface area contributed by atoms with E-state index in [-0.39, 0.29) is 5.91 Å². The van der Waals surface area contributed by atoms with Gasteiger partial charge in [-0.25, -0.2) is 0 Å². The van der Waals surface area contributed by atoms with Gasteiger partial charge in [-0.2, -0.15) is 0 Å². The molecule has 0 radical (unpaired) electrons. The fourth-order valence-corrected chi connectivity index (χ4v) is 1.63. The number of amides is 2. The molecule has 6 nitrogen and oxygen atoms in total. The van der Waals surface area contributed by atoms with Gasteiger partial charge in [0.2, 0.25) is 0 Å². The molecule has 22 heavy (non-hydrogen) atoms. The Morgan fingerprint density at radius 3 is 2.50 bits per heavy atom. The Bertz CT molecular complexity index is 563. The quantitative estimate of drug-likeness (QED) is 0.624. The van der Waals surface area contributed by atoms with Gasteiger partial charge in [-0.3, -0.25) is 20.4 Å². The van der Waals surface area contributed by atoms with E-state index in [9.17, 15) is 9.59 Å². The van der Waals surface area contributed by atoms with Crippen molar-refractivity contribution in [3.05, 3.63) is 35.4 Å². The Morgan fingerprint density at radius 2 is 1.91 bits per heavy atom. The minimum atomic E-state index is -0.434. The minimum Gasteiger partial charge on any atom is -0.493 e. The summed E-state index contributed by atoms with van der Waals surface area (Å²) in [6.45, 7) is 6.16. The van der Waals surface area contributed by atoms with E-state index in [1.807, 2.05) is 6.92 Å². The first-order valence-corrected chi connectivity index (χ1v) is 7.04. The average molecular weight is 306 g/mol. The zero-order chi connectivity index (χ0) is 16.5. The van der Waals surface area contributed by atoms with Gasteiger partial charge in [0.05, 0.1) is 13.7 Å². The van der Waals surface area contributed by atoms with Gasteiger partial charge in [-0.05, 0) is 38.5 Å². The predicted molar refractivity (Wildman–Crippen MR) is 83.8 cm³/mol. The number of allylic oxidation sites excluding steroid dienone is 1. The average Bonchev–Trinajstić information content (AvgIpc) is 2.49. The summed E-state index contributed by atoms with van der Waals surface area (Å²) >= 11 is 0. The summed E-state index contributed by atoms with van der Waals surface area (Å²) in [6.07, 6.45) is 2.27. The fraction of sp³-hybridized carbons (Fsp3) is 0.375. The molecule has 1 aromatic rings. The highest BCUT2D eigenvalue weighted by atomic mass is 16.5. The van der Waals surface area contributed by atoms with Gasteiger partial charge in [0, 0.05) is 11.6 Å². The van der Waals surface area contributed by atoms with Gasteiger partial charge >= 0.3 is 0 Å². The summed E-state index contributed by atoms with van der Waals surface area (Å²) in [7, 11) is 1.51. The molecule has 0 fully saturated rings. The van der Waals surface area contributed by atoms with Crippen LogP contribution in [0.25, 0.3) is 0 Å². The second-order valence-corrected chi connectivity index (χ2v) is 4.88. The molecule has 0 saturated carbocycles. The van der Waals surface area contributed by atoms with Crippen LogP contribution in [0.15, 0.2) is 29.8 Å². The van der Waals surface area contributed by atoms with Crippen LogP contribution in [0, 0.1) is 0 Å². The maximum atomic E-state index is 12.0. The molecule has 0 unspecified atom stereocenters. The van der Waals surface area contributed by atoms with Gasteiger partial charge in [-0.15, -0.1) is 0 Å². The molecule has 0 aliphatic heterocycles. The molecule has 0 aliphatic carbocycles. The van der Waals surface area contributed by atoms with Gasteiger partial charge in [0.1, 0.15) is 0 Å². The van der Waals surface area contributed by atoms with E-state index in [1.165, 1.54) is 13.2 Å². The van der Waals surface area contributed by atoms with E-state index in [4.69, 9.17) is 9.47 Å². The molecular formula is C16H22N2O4. The number of carbonyl (C=O) groups excluding carboxylic acids is 2. The topological polar surface area (TPSA) is 76.7 Å². The number of methoxy groups -OCH3 is 1.